The molecule has 1 N–H and O–H groups in total. The predicted molar refractivity (Wildman–Crippen MR) is 76.4 cm³/mol. The van der Waals surface area contributed by atoms with Crippen LogP contribution in [0.5, 0.6) is 11.5 Å². The molecule has 1 aromatic carbocycles. The van der Waals surface area contributed by atoms with Gasteiger partial charge < -0.3 is 19.5 Å². The van der Waals surface area contributed by atoms with E-state index in [0.717, 1.165) is 41.5 Å². The van der Waals surface area contributed by atoms with Crippen molar-refractivity contribution in [2.75, 3.05) is 24.8 Å². The molecule has 1 saturated heterocycles. The van der Waals surface area contributed by atoms with Gasteiger partial charge in [-0.2, -0.15) is 0 Å². The van der Waals surface area contributed by atoms with Crippen LogP contribution in [0.2, 0.25) is 0 Å². The first-order valence-corrected chi connectivity index (χ1v) is 6.96. The Bertz CT molecular complexity index is 660. The second kappa shape index (κ2) is 4.89. The van der Waals surface area contributed by atoms with Gasteiger partial charge in [-0.15, -0.1) is 10.2 Å². The predicted octanol–water partition coefficient (Wildman–Crippen LogP) is 1.44. The van der Waals surface area contributed by atoms with E-state index in [9.17, 15) is 5.11 Å². The highest BCUT2D eigenvalue weighted by atomic mass is 16.7. The smallest absolute Gasteiger partial charge is 0.231 e. The molecule has 1 aromatic heterocycles. The average molecular weight is 285 g/mol. The Morgan fingerprint density at radius 3 is 2.76 bits per heavy atom. The molecule has 1 atom stereocenters. The molecule has 2 aliphatic rings. The monoisotopic (exact) mass is 285 g/mol. The van der Waals surface area contributed by atoms with Gasteiger partial charge in [-0.25, -0.2) is 0 Å². The molecule has 0 radical (unpaired) electrons. The molecule has 0 saturated carbocycles. The quantitative estimate of drug-likeness (QED) is 0.900. The Morgan fingerprint density at radius 1 is 1.10 bits per heavy atom. The zero-order chi connectivity index (χ0) is 14.2. The molecule has 21 heavy (non-hydrogen) atoms. The van der Waals surface area contributed by atoms with Crippen LogP contribution in [0.25, 0.3) is 11.3 Å². The van der Waals surface area contributed by atoms with Crippen molar-refractivity contribution in [3.8, 4) is 22.8 Å². The lowest BCUT2D eigenvalue weighted by atomic mass is 10.1. The van der Waals surface area contributed by atoms with E-state index in [1.165, 1.54) is 0 Å². The number of anilines is 1. The van der Waals surface area contributed by atoms with Crippen molar-refractivity contribution in [2.45, 2.75) is 12.5 Å². The summed E-state index contributed by atoms with van der Waals surface area (Å²) in [5.74, 6) is 2.30. The van der Waals surface area contributed by atoms with E-state index >= 15 is 0 Å². The summed E-state index contributed by atoms with van der Waals surface area (Å²) in [5.41, 5.74) is 1.73. The van der Waals surface area contributed by atoms with Crippen LogP contribution in [0.15, 0.2) is 30.3 Å². The highest BCUT2D eigenvalue weighted by Gasteiger charge is 2.21. The molecule has 1 fully saturated rings. The fourth-order valence-corrected chi connectivity index (χ4v) is 2.65. The highest BCUT2D eigenvalue weighted by molar-refractivity contribution is 5.64. The summed E-state index contributed by atoms with van der Waals surface area (Å²) in [4.78, 5) is 2.04. The number of nitrogens with zero attached hydrogens (tertiary/aromatic N) is 3. The fourth-order valence-electron chi connectivity index (χ4n) is 2.65. The number of rotatable bonds is 2. The van der Waals surface area contributed by atoms with Crippen LogP contribution in [0.3, 0.4) is 0 Å². The van der Waals surface area contributed by atoms with Crippen LogP contribution >= 0.6 is 0 Å². The van der Waals surface area contributed by atoms with E-state index in [1.807, 2.05) is 35.2 Å². The lowest BCUT2D eigenvalue weighted by Gasteiger charge is -2.15. The zero-order valence-electron chi connectivity index (χ0n) is 11.4. The van der Waals surface area contributed by atoms with E-state index in [0.29, 0.717) is 6.54 Å². The topological polar surface area (TPSA) is 67.7 Å². The van der Waals surface area contributed by atoms with Gasteiger partial charge in [0.2, 0.25) is 6.79 Å². The molecule has 1 unspecified atom stereocenters. The van der Waals surface area contributed by atoms with Gasteiger partial charge in [0.25, 0.3) is 0 Å². The number of benzene rings is 1. The maximum atomic E-state index is 9.57. The van der Waals surface area contributed by atoms with E-state index in [4.69, 9.17) is 9.47 Å². The standard InChI is InChI=1S/C15H15N3O3/c19-11-5-6-18(8-11)15-4-2-12(16-17-15)10-1-3-13-14(7-10)21-9-20-13/h1-4,7,11,19H,5-6,8-9H2. The minimum absolute atomic E-state index is 0.264. The minimum Gasteiger partial charge on any atom is -0.454 e. The largest absolute Gasteiger partial charge is 0.454 e. The molecule has 0 spiro atoms. The van der Waals surface area contributed by atoms with Gasteiger partial charge >= 0.3 is 0 Å². The third-order valence-corrected chi connectivity index (χ3v) is 3.81. The van der Waals surface area contributed by atoms with Crippen molar-refractivity contribution >= 4 is 5.82 Å². The van der Waals surface area contributed by atoms with Crippen LogP contribution in [-0.2, 0) is 0 Å². The van der Waals surface area contributed by atoms with E-state index in [1.54, 1.807) is 0 Å². The Hall–Kier alpha value is -2.34. The fraction of sp³-hybridized carbons (Fsp3) is 0.333. The van der Waals surface area contributed by atoms with Gasteiger partial charge in [0.05, 0.1) is 11.8 Å². The van der Waals surface area contributed by atoms with Crippen molar-refractivity contribution in [1.82, 2.24) is 10.2 Å². The molecule has 0 bridgehead atoms. The molecule has 0 aliphatic carbocycles. The molecule has 6 nitrogen and oxygen atoms in total. The lowest BCUT2D eigenvalue weighted by molar-refractivity contribution is 0.174. The number of hydrogen-bond acceptors (Lipinski definition) is 6. The number of fused-ring (bicyclic) bond motifs is 1. The van der Waals surface area contributed by atoms with Crippen LogP contribution in [0.4, 0.5) is 5.82 Å². The summed E-state index contributed by atoms with van der Waals surface area (Å²) in [7, 11) is 0. The van der Waals surface area contributed by atoms with Crippen molar-refractivity contribution < 1.29 is 14.6 Å². The number of aromatic nitrogens is 2. The number of β-amino-alcohol motifs (C(OH)–C–C–N with tert-alkyl or cyclic N) is 1. The van der Waals surface area contributed by atoms with Crippen LogP contribution in [0.1, 0.15) is 6.42 Å². The van der Waals surface area contributed by atoms with Crippen molar-refractivity contribution in [2.24, 2.45) is 0 Å². The van der Waals surface area contributed by atoms with E-state index in [-0.39, 0.29) is 12.9 Å². The molecule has 0 amide bonds. The second-order valence-electron chi connectivity index (χ2n) is 5.23. The van der Waals surface area contributed by atoms with Crippen LogP contribution < -0.4 is 14.4 Å². The van der Waals surface area contributed by atoms with Gasteiger partial charge in [-0.05, 0) is 36.8 Å². The van der Waals surface area contributed by atoms with Gasteiger partial charge in [-0.1, -0.05) is 0 Å². The molecule has 4 rings (SSSR count). The number of aliphatic hydroxyl groups is 1. The third-order valence-electron chi connectivity index (χ3n) is 3.81. The Labute approximate surface area is 121 Å². The summed E-state index contributed by atoms with van der Waals surface area (Å²) in [6.45, 7) is 1.71. The molecule has 3 heterocycles. The first-order chi connectivity index (χ1) is 10.3. The first kappa shape index (κ1) is 12.4. The number of aliphatic hydroxyl groups excluding tert-OH is 1. The van der Waals surface area contributed by atoms with Gasteiger partial charge in [0.15, 0.2) is 17.3 Å². The van der Waals surface area contributed by atoms with E-state index in [2.05, 4.69) is 10.2 Å². The summed E-state index contributed by atoms with van der Waals surface area (Å²) < 4.78 is 10.7. The molecule has 2 aromatic rings. The van der Waals surface area contributed by atoms with Crippen LogP contribution in [0, 0.1) is 0 Å². The van der Waals surface area contributed by atoms with Gasteiger partial charge in [0, 0.05) is 18.7 Å². The maximum absolute atomic E-state index is 9.57. The first-order valence-electron chi connectivity index (χ1n) is 6.96. The third kappa shape index (κ3) is 2.27. The molecular weight excluding hydrogens is 270 g/mol. The Balaban J connectivity index is 1.59. The van der Waals surface area contributed by atoms with Crippen molar-refractivity contribution in [1.29, 1.82) is 0 Å². The Kier molecular flexibility index (Phi) is 2.89. The highest BCUT2D eigenvalue weighted by Crippen LogP contribution is 2.35. The van der Waals surface area contributed by atoms with Crippen molar-refractivity contribution in [3.05, 3.63) is 30.3 Å². The summed E-state index contributed by atoms with van der Waals surface area (Å²) in [5, 5.41) is 18.1. The maximum Gasteiger partial charge on any atom is 0.231 e. The number of ether oxygens (including phenoxy) is 2. The van der Waals surface area contributed by atoms with Gasteiger partial charge in [-0.3, -0.25) is 0 Å². The summed E-state index contributed by atoms with van der Waals surface area (Å²) in [6.07, 6.45) is 0.520. The molecule has 108 valence electrons. The van der Waals surface area contributed by atoms with Gasteiger partial charge in [0.1, 0.15) is 0 Å². The Morgan fingerprint density at radius 2 is 2.00 bits per heavy atom. The molecule has 6 heteroatoms. The minimum atomic E-state index is -0.264. The molecule has 2 aliphatic heterocycles. The normalized spacial score (nSPS) is 20.0. The van der Waals surface area contributed by atoms with Crippen LogP contribution in [-0.4, -0.2) is 41.3 Å². The summed E-state index contributed by atoms with van der Waals surface area (Å²) >= 11 is 0. The summed E-state index contributed by atoms with van der Waals surface area (Å²) in [6, 6.07) is 9.60. The average Bonchev–Trinajstić information content (AvgIpc) is 3.15. The zero-order valence-corrected chi connectivity index (χ0v) is 11.4. The second-order valence-corrected chi connectivity index (χ2v) is 5.23. The van der Waals surface area contributed by atoms with Crippen molar-refractivity contribution in [3.63, 3.8) is 0 Å². The van der Waals surface area contributed by atoms with E-state index < -0.39 is 0 Å². The SMILES string of the molecule is OC1CCN(c2ccc(-c3ccc4c(c3)OCO4)nn2)C1. The number of hydrogen-bond donors (Lipinski definition) is 1. The molecular formula is C15H15N3O3. The lowest BCUT2D eigenvalue weighted by Crippen LogP contribution is -2.22.